The van der Waals surface area contributed by atoms with Crippen molar-refractivity contribution in [3.05, 3.63) is 70.4 Å². The molecule has 7 nitrogen and oxygen atoms in total. The van der Waals surface area contributed by atoms with Crippen molar-refractivity contribution < 1.29 is 19.5 Å². The summed E-state index contributed by atoms with van der Waals surface area (Å²) in [5.74, 6) is -2.49. The summed E-state index contributed by atoms with van der Waals surface area (Å²) in [5, 5.41) is 14.8. The molecule has 1 aliphatic heterocycles. The summed E-state index contributed by atoms with van der Waals surface area (Å²) in [7, 11) is 0. The summed E-state index contributed by atoms with van der Waals surface area (Å²) in [4.78, 5) is 38.2. The number of rotatable bonds is 4. The molecule has 2 heterocycles. The van der Waals surface area contributed by atoms with Crippen LogP contribution in [0.2, 0.25) is 5.02 Å². The van der Waals surface area contributed by atoms with Gasteiger partial charge in [-0.25, -0.2) is 0 Å². The van der Waals surface area contributed by atoms with Crippen molar-refractivity contribution in [1.82, 2.24) is 9.88 Å². The third-order valence-electron chi connectivity index (χ3n) is 5.00. The maximum atomic E-state index is 13.3. The van der Waals surface area contributed by atoms with Gasteiger partial charge in [0.05, 0.1) is 18.2 Å². The number of para-hydroxylation sites is 1. The van der Waals surface area contributed by atoms with E-state index in [0.717, 1.165) is 0 Å². The second kappa shape index (κ2) is 7.98. The Kier molecular flexibility index (Phi) is 5.34. The highest BCUT2D eigenvalue weighted by molar-refractivity contribution is 7.80. The number of carbonyl (C=O) groups excluding carboxylic acids is 3. The van der Waals surface area contributed by atoms with E-state index in [1.165, 1.54) is 15.5 Å². The van der Waals surface area contributed by atoms with Crippen LogP contribution < -0.4 is 15.3 Å². The van der Waals surface area contributed by atoms with Gasteiger partial charge in [-0.3, -0.25) is 19.8 Å². The molecule has 0 atom stereocenters. The van der Waals surface area contributed by atoms with Gasteiger partial charge in [0.25, 0.3) is 11.8 Å². The SMILES string of the molecule is Cc1c(Cl)cccc1N1C(=O)/C(=C/c2cn(CC(=O)[O-])c3ccccc23)C(=O)NC1=S. The lowest BCUT2D eigenvalue weighted by Crippen LogP contribution is -2.54. The maximum absolute atomic E-state index is 13.3. The van der Waals surface area contributed by atoms with Gasteiger partial charge in [-0.05, 0) is 49.0 Å². The number of hydrogen-bond donors (Lipinski definition) is 1. The molecule has 2 aromatic carbocycles. The molecule has 0 unspecified atom stereocenters. The lowest BCUT2D eigenvalue weighted by molar-refractivity contribution is -0.306. The van der Waals surface area contributed by atoms with E-state index >= 15 is 0 Å². The van der Waals surface area contributed by atoms with Crippen molar-refractivity contribution in [2.75, 3.05) is 4.90 Å². The minimum atomic E-state index is -1.25. The van der Waals surface area contributed by atoms with Crippen LogP contribution in [0.1, 0.15) is 11.1 Å². The van der Waals surface area contributed by atoms with Gasteiger partial charge < -0.3 is 14.5 Å². The minimum Gasteiger partial charge on any atom is -0.548 e. The molecule has 156 valence electrons. The molecule has 1 fully saturated rings. The Morgan fingerprint density at radius 3 is 2.68 bits per heavy atom. The third kappa shape index (κ3) is 3.71. The van der Waals surface area contributed by atoms with Gasteiger partial charge in [-0.15, -0.1) is 0 Å². The smallest absolute Gasteiger partial charge is 0.270 e. The van der Waals surface area contributed by atoms with E-state index in [0.29, 0.717) is 32.7 Å². The predicted octanol–water partition coefficient (Wildman–Crippen LogP) is 2.18. The molecular formula is C22H15ClN3O4S-. The van der Waals surface area contributed by atoms with Gasteiger partial charge in [0.15, 0.2) is 5.11 Å². The summed E-state index contributed by atoms with van der Waals surface area (Å²) in [6.45, 7) is 1.39. The Bertz CT molecular complexity index is 1310. The number of halogens is 1. The lowest BCUT2D eigenvalue weighted by atomic mass is 10.1. The molecule has 3 aromatic rings. The molecule has 31 heavy (non-hydrogen) atoms. The number of nitrogens with one attached hydrogen (secondary N) is 1. The number of fused-ring (bicyclic) bond motifs is 1. The number of thiocarbonyl (C=S) groups is 1. The first-order valence-electron chi connectivity index (χ1n) is 9.22. The van der Waals surface area contributed by atoms with E-state index in [-0.39, 0.29) is 17.2 Å². The summed E-state index contributed by atoms with van der Waals surface area (Å²) >= 11 is 11.4. The Balaban J connectivity index is 1.83. The fourth-order valence-corrected chi connectivity index (χ4v) is 3.97. The fourth-order valence-electron chi connectivity index (χ4n) is 3.53. The monoisotopic (exact) mass is 452 g/mol. The zero-order valence-corrected chi connectivity index (χ0v) is 17.8. The lowest BCUT2D eigenvalue weighted by Gasteiger charge is -2.30. The first kappa shape index (κ1) is 20.8. The van der Waals surface area contributed by atoms with Crippen molar-refractivity contribution in [3.63, 3.8) is 0 Å². The van der Waals surface area contributed by atoms with Crippen LogP contribution in [0, 0.1) is 6.92 Å². The summed E-state index contributed by atoms with van der Waals surface area (Å²) in [5.41, 5.74) is 2.13. The van der Waals surface area contributed by atoms with Crippen LogP contribution in [0.4, 0.5) is 5.69 Å². The van der Waals surface area contributed by atoms with Crippen LogP contribution in [0.25, 0.3) is 17.0 Å². The second-order valence-electron chi connectivity index (χ2n) is 6.94. The van der Waals surface area contributed by atoms with E-state index in [9.17, 15) is 19.5 Å². The molecule has 1 aromatic heterocycles. The van der Waals surface area contributed by atoms with Crippen molar-refractivity contribution in [3.8, 4) is 0 Å². The Labute approximate surface area is 187 Å². The number of benzene rings is 2. The highest BCUT2D eigenvalue weighted by atomic mass is 35.5. The van der Waals surface area contributed by atoms with Gasteiger partial charge in [-0.2, -0.15) is 0 Å². The Morgan fingerprint density at radius 2 is 1.94 bits per heavy atom. The van der Waals surface area contributed by atoms with Gasteiger partial charge in [-0.1, -0.05) is 35.9 Å². The maximum Gasteiger partial charge on any atom is 0.270 e. The fraction of sp³-hybridized carbons (Fsp3) is 0.0909. The van der Waals surface area contributed by atoms with Gasteiger partial charge in [0.1, 0.15) is 5.57 Å². The average Bonchev–Trinajstić information content (AvgIpc) is 3.05. The number of hydrogen-bond acceptors (Lipinski definition) is 5. The Morgan fingerprint density at radius 1 is 1.19 bits per heavy atom. The second-order valence-corrected chi connectivity index (χ2v) is 7.74. The molecule has 0 bridgehead atoms. The van der Waals surface area contributed by atoms with Crippen LogP contribution in [0.5, 0.6) is 0 Å². The zero-order valence-electron chi connectivity index (χ0n) is 16.2. The molecule has 9 heteroatoms. The number of aliphatic carboxylic acids is 1. The van der Waals surface area contributed by atoms with Crippen LogP contribution >= 0.6 is 23.8 Å². The zero-order chi connectivity index (χ0) is 22.3. The van der Waals surface area contributed by atoms with Crippen LogP contribution in [0.3, 0.4) is 0 Å². The number of amides is 2. The molecule has 0 spiro atoms. The third-order valence-corrected chi connectivity index (χ3v) is 5.69. The molecule has 1 saturated heterocycles. The summed E-state index contributed by atoms with van der Waals surface area (Å²) in [6.07, 6.45) is 3.00. The van der Waals surface area contributed by atoms with E-state index in [4.69, 9.17) is 23.8 Å². The van der Waals surface area contributed by atoms with E-state index < -0.39 is 17.8 Å². The van der Waals surface area contributed by atoms with Crippen LogP contribution in [0.15, 0.2) is 54.2 Å². The molecule has 0 saturated carbocycles. The molecule has 0 aliphatic carbocycles. The largest absolute Gasteiger partial charge is 0.548 e. The predicted molar refractivity (Wildman–Crippen MR) is 119 cm³/mol. The molecule has 2 amide bonds. The molecule has 4 rings (SSSR count). The highest BCUT2D eigenvalue weighted by Crippen LogP contribution is 2.30. The first-order chi connectivity index (χ1) is 14.8. The van der Waals surface area contributed by atoms with Crippen molar-refractivity contribution in [2.24, 2.45) is 0 Å². The average molecular weight is 453 g/mol. The Hall–Kier alpha value is -3.49. The molecular weight excluding hydrogens is 438 g/mol. The van der Waals surface area contributed by atoms with E-state index in [1.54, 1.807) is 55.6 Å². The summed E-state index contributed by atoms with van der Waals surface area (Å²) in [6, 6.07) is 12.2. The van der Waals surface area contributed by atoms with Crippen molar-refractivity contribution in [2.45, 2.75) is 13.5 Å². The molecule has 1 aliphatic rings. The van der Waals surface area contributed by atoms with Gasteiger partial charge in [0.2, 0.25) is 0 Å². The highest BCUT2D eigenvalue weighted by Gasteiger charge is 2.35. The number of carbonyl (C=O) groups is 3. The quantitative estimate of drug-likeness (QED) is 0.372. The minimum absolute atomic E-state index is 0.0445. The number of aromatic nitrogens is 1. The van der Waals surface area contributed by atoms with Crippen LogP contribution in [-0.4, -0.2) is 27.5 Å². The number of carboxylic acids is 1. The molecule has 0 radical (unpaired) electrons. The first-order valence-corrected chi connectivity index (χ1v) is 10.0. The van der Waals surface area contributed by atoms with Gasteiger partial charge in [0, 0.05) is 27.7 Å². The van der Waals surface area contributed by atoms with Gasteiger partial charge >= 0.3 is 0 Å². The standard InChI is InChI=1S/C22H16ClN3O4S/c1-12-16(23)6-4-8-17(12)26-21(30)15(20(29)24-22(26)31)9-13-10-25(11-19(27)28)18-7-3-2-5-14(13)18/h2-10H,11H2,1H3,(H,27,28)(H,24,29,31)/p-1/b15-9+. The van der Waals surface area contributed by atoms with E-state index in [1.807, 2.05) is 0 Å². The number of nitrogens with zero attached hydrogens (tertiary/aromatic N) is 2. The van der Waals surface area contributed by atoms with Crippen molar-refractivity contribution >= 4 is 69.4 Å². The topological polar surface area (TPSA) is 94.5 Å². The normalized spacial score (nSPS) is 15.6. The number of anilines is 1. The van der Waals surface area contributed by atoms with Crippen molar-refractivity contribution in [1.29, 1.82) is 0 Å². The van der Waals surface area contributed by atoms with Crippen LogP contribution in [-0.2, 0) is 20.9 Å². The molecule has 1 N–H and O–H groups in total. The van der Waals surface area contributed by atoms with E-state index in [2.05, 4.69) is 5.32 Å². The number of carboxylic acid groups (broad SMARTS) is 1. The summed E-state index contributed by atoms with van der Waals surface area (Å²) < 4.78 is 1.49.